The van der Waals surface area contributed by atoms with Crippen LogP contribution in [0.5, 0.6) is 0 Å². The summed E-state index contributed by atoms with van der Waals surface area (Å²) >= 11 is 0. The lowest BCUT2D eigenvalue weighted by atomic mass is 10.0. The zero-order chi connectivity index (χ0) is 20.2. The number of aromatic amines is 1. The van der Waals surface area contributed by atoms with Crippen LogP contribution in [-0.4, -0.2) is 33.4 Å². The fourth-order valence-corrected chi connectivity index (χ4v) is 3.98. The summed E-state index contributed by atoms with van der Waals surface area (Å²) in [5.41, 5.74) is 8.72. The summed E-state index contributed by atoms with van der Waals surface area (Å²) in [5.74, 6) is 0.518. The van der Waals surface area contributed by atoms with Crippen LogP contribution in [0.4, 0.5) is 4.39 Å². The predicted molar refractivity (Wildman–Crippen MR) is 110 cm³/mol. The number of hydrogen-bond acceptors (Lipinski definition) is 3. The van der Waals surface area contributed by atoms with Crippen molar-refractivity contribution in [1.29, 1.82) is 0 Å². The van der Waals surface area contributed by atoms with Crippen LogP contribution >= 0.6 is 0 Å². The Kier molecular flexibility index (Phi) is 5.71. The Morgan fingerprint density at radius 1 is 1.21 bits per heavy atom. The predicted octanol–water partition coefficient (Wildman–Crippen LogP) is 3.84. The molecule has 1 aromatic heterocycles. The number of carbonyl (C=O) groups excluding carboxylic acids is 1. The molecule has 1 fully saturated rings. The van der Waals surface area contributed by atoms with Gasteiger partial charge < -0.3 is 15.6 Å². The molecule has 0 unspecified atom stereocenters. The van der Waals surface area contributed by atoms with E-state index in [2.05, 4.69) is 9.97 Å². The van der Waals surface area contributed by atoms with Crippen molar-refractivity contribution in [3.05, 3.63) is 78.0 Å². The number of nitrogens with two attached hydrogens (primary N) is 1. The van der Waals surface area contributed by atoms with Gasteiger partial charge in [0.15, 0.2) is 0 Å². The third-order valence-electron chi connectivity index (χ3n) is 5.45. The molecule has 0 radical (unpaired) electrons. The zero-order valence-electron chi connectivity index (χ0n) is 16.2. The van der Waals surface area contributed by atoms with Crippen LogP contribution in [0.1, 0.15) is 36.7 Å². The molecule has 4 rings (SSSR count). The van der Waals surface area contributed by atoms with Crippen LogP contribution in [0.3, 0.4) is 0 Å². The van der Waals surface area contributed by atoms with Crippen LogP contribution in [0.2, 0.25) is 0 Å². The number of likely N-dealkylation sites (tertiary alicyclic amines) is 1. The lowest BCUT2D eigenvalue weighted by Crippen LogP contribution is -2.36. The molecule has 0 saturated carbocycles. The van der Waals surface area contributed by atoms with E-state index in [0.29, 0.717) is 18.5 Å². The first kappa shape index (κ1) is 19.3. The second-order valence-electron chi connectivity index (χ2n) is 7.55. The van der Waals surface area contributed by atoms with Crippen LogP contribution in [0.25, 0.3) is 11.3 Å². The molecule has 2 aromatic carbocycles. The Bertz CT molecular complexity index is 972. The molecule has 2 heterocycles. The van der Waals surface area contributed by atoms with Crippen LogP contribution < -0.4 is 5.73 Å². The summed E-state index contributed by atoms with van der Waals surface area (Å²) in [5, 5.41) is 0. The van der Waals surface area contributed by atoms with E-state index in [-0.39, 0.29) is 24.2 Å². The molecule has 1 aliphatic heterocycles. The minimum Gasteiger partial charge on any atom is -0.340 e. The molecule has 0 aliphatic carbocycles. The number of imidazole rings is 1. The van der Waals surface area contributed by atoms with Gasteiger partial charge in [-0.25, -0.2) is 9.37 Å². The number of aromatic nitrogens is 2. The zero-order valence-corrected chi connectivity index (χ0v) is 16.2. The Balaban J connectivity index is 1.42. The third kappa shape index (κ3) is 4.38. The van der Waals surface area contributed by atoms with Gasteiger partial charge in [0, 0.05) is 19.0 Å². The van der Waals surface area contributed by atoms with Crippen molar-refractivity contribution < 1.29 is 9.18 Å². The maximum atomic E-state index is 13.9. The van der Waals surface area contributed by atoms with Gasteiger partial charge in [0.05, 0.1) is 17.9 Å². The van der Waals surface area contributed by atoms with Gasteiger partial charge in [-0.2, -0.15) is 0 Å². The smallest absolute Gasteiger partial charge is 0.224 e. The van der Waals surface area contributed by atoms with Crippen molar-refractivity contribution in [3.8, 4) is 11.3 Å². The van der Waals surface area contributed by atoms with Gasteiger partial charge in [0.2, 0.25) is 5.91 Å². The number of carbonyl (C=O) groups is 1. The topological polar surface area (TPSA) is 75.0 Å². The molecule has 1 amide bonds. The molecule has 0 bridgehead atoms. The summed E-state index contributed by atoms with van der Waals surface area (Å²) in [6.07, 6.45) is 4.15. The molecule has 0 spiro atoms. The molecule has 1 saturated heterocycles. The average Bonchev–Trinajstić information content (AvgIpc) is 3.40. The minimum absolute atomic E-state index is 0.00556. The van der Waals surface area contributed by atoms with Gasteiger partial charge in [0.1, 0.15) is 11.6 Å². The second-order valence-corrected chi connectivity index (χ2v) is 7.55. The van der Waals surface area contributed by atoms with Gasteiger partial charge in [-0.1, -0.05) is 48.5 Å². The summed E-state index contributed by atoms with van der Waals surface area (Å²) in [7, 11) is 0. The number of amides is 1. The van der Waals surface area contributed by atoms with Gasteiger partial charge in [-0.05, 0) is 36.5 Å². The maximum absolute atomic E-state index is 13.9. The molecular weight excluding hydrogens is 367 g/mol. The fourth-order valence-electron chi connectivity index (χ4n) is 3.98. The highest BCUT2D eigenvalue weighted by Crippen LogP contribution is 2.32. The van der Waals surface area contributed by atoms with E-state index < -0.39 is 6.04 Å². The van der Waals surface area contributed by atoms with Crippen molar-refractivity contribution in [1.82, 2.24) is 14.9 Å². The van der Waals surface area contributed by atoms with E-state index >= 15 is 0 Å². The molecule has 150 valence electrons. The number of benzene rings is 2. The molecular formula is C23H25FN4O. The Morgan fingerprint density at radius 3 is 2.76 bits per heavy atom. The Morgan fingerprint density at radius 2 is 1.97 bits per heavy atom. The number of nitrogens with one attached hydrogen (secondary N) is 1. The average molecular weight is 392 g/mol. The standard InChI is InChI=1S/C23H25FN4O/c24-19-10-5-4-9-17(19)13-18(25)14-22(29)28-12-6-11-21(28)23-26-15-20(27-23)16-7-2-1-3-8-16/h1-5,7-10,15,18,21H,6,11-14,25H2,(H,26,27)/t18-,21+/m1/s1. The Labute approximate surface area is 169 Å². The van der Waals surface area contributed by atoms with Gasteiger partial charge in [-0.3, -0.25) is 4.79 Å². The number of rotatable bonds is 6. The highest BCUT2D eigenvalue weighted by molar-refractivity contribution is 5.77. The van der Waals surface area contributed by atoms with Gasteiger partial charge in [-0.15, -0.1) is 0 Å². The molecule has 2 atom stereocenters. The largest absolute Gasteiger partial charge is 0.340 e. The van der Waals surface area contributed by atoms with E-state index in [4.69, 9.17) is 5.73 Å². The highest BCUT2D eigenvalue weighted by Gasteiger charge is 2.32. The summed E-state index contributed by atoms with van der Waals surface area (Å²) in [6.45, 7) is 0.692. The maximum Gasteiger partial charge on any atom is 0.224 e. The van der Waals surface area contributed by atoms with E-state index in [1.54, 1.807) is 18.2 Å². The van der Waals surface area contributed by atoms with Crippen LogP contribution in [-0.2, 0) is 11.2 Å². The molecule has 29 heavy (non-hydrogen) atoms. The highest BCUT2D eigenvalue weighted by atomic mass is 19.1. The molecule has 3 N–H and O–H groups in total. The lowest BCUT2D eigenvalue weighted by Gasteiger charge is -2.25. The normalized spacial score (nSPS) is 17.4. The van der Waals surface area contributed by atoms with Crippen molar-refractivity contribution >= 4 is 5.91 Å². The number of halogens is 1. The first-order valence-electron chi connectivity index (χ1n) is 10.0. The molecule has 3 aromatic rings. The van der Waals surface area contributed by atoms with Gasteiger partial charge >= 0.3 is 0 Å². The van der Waals surface area contributed by atoms with E-state index in [9.17, 15) is 9.18 Å². The van der Waals surface area contributed by atoms with Crippen LogP contribution in [0.15, 0.2) is 60.8 Å². The monoisotopic (exact) mass is 392 g/mol. The molecule has 6 heteroatoms. The van der Waals surface area contributed by atoms with Crippen molar-refractivity contribution in [2.75, 3.05) is 6.54 Å². The second kappa shape index (κ2) is 8.57. The van der Waals surface area contributed by atoms with Gasteiger partial charge in [0.25, 0.3) is 0 Å². The van der Waals surface area contributed by atoms with Crippen molar-refractivity contribution in [2.45, 2.75) is 37.8 Å². The summed E-state index contributed by atoms with van der Waals surface area (Å²) in [6, 6.07) is 16.1. The van der Waals surface area contributed by atoms with E-state index in [1.165, 1.54) is 6.07 Å². The van der Waals surface area contributed by atoms with E-state index in [1.807, 2.05) is 41.4 Å². The lowest BCUT2D eigenvalue weighted by molar-refractivity contribution is -0.132. The summed E-state index contributed by atoms with van der Waals surface area (Å²) in [4.78, 5) is 22.7. The molecule has 1 aliphatic rings. The number of hydrogen-bond donors (Lipinski definition) is 2. The fraction of sp³-hybridized carbons (Fsp3) is 0.304. The van der Waals surface area contributed by atoms with Crippen molar-refractivity contribution in [2.24, 2.45) is 5.73 Å². The molecule has 5 nitrogen and oxygen atoms in total. The van der Waals surface area contributed by atoms with Crippen LogP contribution in [0, 0.1) is 5.82 Å². The number of nitrogens with zero attached hydrogens (tertiary/aromatic N) is 2. The summed E-state index contributed by atoms with van der Waals surface area (Å²) < 4.78 is 13.9. The first-order chi connectivity index (χ1) is 14.1. The third-order valence-corrected chi connectivity index (χ3v) is 5.45. The number of H-pyrrole nitrogens is 1. The Hall–Kier alpha value is -2.99. The minimum atomic E-state index is -0.419. The first-order valence-corrected chi connectivity index (χ1v) is 10.0. The van der Waals surface area contributed by atoms with E-state index in [0.717, 1.165) is 29.9 Å². The SMILES string of the molecule is N[C@@H](CC(=O)N1CCC[C@H]1c1ncc(-c2ccccc2)[nH]1)Cc1ccccc1F. The van der Waals surface area contributed by atoms with Crippen molar-refractivity contribution in [3.63, 3.8) is 0 Å². The quantitative estimate of drug-likeness (QED) is 0.669.